The highest BCUT2D eigenvalue weighted by Crippen LogP contribution is 2.58. The van der Waals surface area contributed by atoms with Crippen LogP contribution < -0.4 is 0 Å². The number of rotatable bonds is 1. The highest BCUT2D eigenvalue weighted by atomic mass is 19.3. The Morgan fingerprint density at radius 2 is 2.11 bits per heavy atom. The van der Waals surface area contributed by atoms with Crippen LogP contribution in [0.4, 0.5) is 8.78 Å². The molecule has 1 N–H and O–H groups in total. The third-order valence-corrected chi connectivity index (χ3v) is 5.08. The van der Waals surface area contributed by atoms with Gasteiger partial charge in [0, 0.05) is 31.8 Å². The molecular weight excluding hydrogens is 242 g/mol. The summed E-state index contributed by atoms with van der Waals surface area (Å²) in [4.78, 5) is 11.3. The highest BCUT2D eigenvalue weighted by molar-refractivity contribution is 5.72. The lowest BCUT2D eigenvalue weighted by Gasteiger charge is -2.34. The standard InChI is InChI=1S/C13H18F2O3/c14-13(15)4-1-9-8(6-13)5-12(10(9)7-16)3-2-11(17)18-12/h8-10,16H,1-7H2/t8-,9-,10+,12?/m1/s1. The van der Waals surface area contributed by atoms with Crippen molar-refractivity contribution in [3.05, 3.63) is 0 Å². The molecule has 1 heterocycles. The molecule has 1 unspecified atom stereocenters. The molecule has 0 amide bonds. The highest BCUT2D eigenvalue weighted by Gasteiger charge is 2.60. The van der Waals surface area contributed by atoms with Crippen LogP contribution in [0.2, 0.25) is 0 Å². The summed E-state index contributed by atoms with van der Waals surface area (Å²) in [7, 11) is 0. The van der Waals surface area contributed by atoms with Crippen LogP contribution in [0.3, 0.4) is 0 Å². The van der Waals surface area contributed by atoms with Gasteiger partial charge in [0.1, 0.15) is 5.60 Å². The second-order valence-electron chi connectivity index (χ2n) is 6.05. The third-order valence-electron chi connectivity index (χ3n) is 5.08. The molecule has 0 bridgehead atoms. The van der Waals surface area contributed by atoms with Gasteiger partial charge in [-0.15, -0.1) is 0 Å². The Morgan fingerprint density at radius 1 is 1.33 bits per heavy atom. The number of fused-ring (bicyclic) bond motifs is 1. The van der Waals surface area contributed by atoms with Gasteiger partial charge in [-0.2, -0.15) is 0 Å². The van der Waals surface area contributed by atoms with Crippen molar-refractivity contribution in [3.63, 3.8) is 0 Å². The molecule has 5 heteroatoms. The molecular formula is C13H18F2O3. The van der Waals surface area contributed by atoms with Crippen LogP contribution >= 0.6 is 0 Å². The molecule has 3 aliphatic rings. The summed E-state index contributed by atoms with van der Waals surface area (Å²) >= 11 is 0. The minimum absolute atomic E-state index is 0.0694. The smallest absolute Gasteiger partial charge is 0.306 e. The van der Waals surface area contributed by atoms with Gasteiger partial charge >= 0.3 is 5.97 Å². The summed E-state index contributed by atoms with van der Waals surface area (Å²) in [6, 6.07) is 0. The summed E-state index contributed by atoms with van der Waals surface area (Å²) in [5.41, 5.74) is -0.651. The van der Waals surface area contributed by atoms with Crippen LogP contribution in [-0.2, 0) is 9.53 Å². The van der Waals surface area contributed by atoms with Crippen LogP contribution in [0.25, 0.3) is 0 Å². The molecule has 1 spiro atoms. The number of hydrogen-bond acceptors (Lipinski definition) is 3. The first-order valence-corrected chi connectivity index (χ1v) is 6.66. The Kier molecular flexibility index (Phi) is 2.66. The molecule has 0 aromatic carbocycles. The van der Waals surface area contributed by atoms with Crippen molar-refractivity contribution >= 4 is 5.97 Å². The van der Waals surface area contributed by atoms with E-state index in [4.69, 9.17) is 4.74 Å². The van der Waals surface area contributed by atoms with Gasteiger partial charge in [-0.1, -0.05) is 0 Å². The molecule has 2 saturated carbocycles. The molecule has 18 heavy (non-hydrogen) atoms. The lowest BCUT2D eigenvalue weighted by atomic mass is 9.75. The zero-order valence-corrected chi connectivity index (χ0v) is 10.2. The van der Waals surface area contributed by atoms with Gasteiger partial charge in [-0.25, -0.2) is 8.78 Å². The van der Waals surface area contributed by atoms with Crippen molar-refractivity contribution in [3.8, 4) is 0 Å². The molecule has 0 aromatic heterocycles. The van der Waals surface area contributed by atoms with Gasteiger partial charge in [0.25, 0.3) is 0 Å². The lowest BCUT2D eigenvalue weighted by Crippen LogP contribution is -2.38. The number of carbonyl (C=O) groups is 1. The summed E-state index contributed by atoms with van der Waals surface area (Å²) in [5, 5.41) is 9.57. The molecule has 3 nitrogen and oxygen atoms in total. The minimum atomic E-state index is -2.59. The number of hydrogen-bond donors (Lipinski definition) is 1. The number of alkyl halides is 2. The quantitative estimate of drug-likeness (QED) is 0.735. The summed E-state index contributed by atoms with van der Waals surface area (Å²) in [5.74, 6) is -3.02. The number of carbonyl (C=O) groups excluding carboxylic acids is 1. The monoisotopic (exact) mass is 260 g/mol. The molecule has 4 atom stereocenters. The van der Waals surface area contributed by atoms with E-state index in [0.717, 1.165) is 0 Å². The second kappa shape index (κ2) is 3.89. The van der Waals surface area contributed by atoms with Gasteiger partial charge in [0.05, 0.1) is 0 Å². The maximum atomic E-state index is 13.5. The summed E-state index contributed by atoms with van der Waals surface area (Å²) in [6.45, 7) is -0.0694. The van der Waals surface area contributed by atoms with Crippen molar-refractivity contribution < 1.29 is 23.4 Å². The summed E-state index contributed by atoms with van der Waals surface area (Å²) < 4.78 is 32.3. The lowest BCUT2D eigenvalue weighted by molar-refractivity contribution is -0.153. The van der Waals surface area contributed by atoms with Gasteiger partial charge in [-0.3, -0.25) is 4.79 Å². The maximum absolute atomic E-state index is 13.5. The first kappa shape index (κ1) is 12.3. The van der Waals surface area contributed by atoms with E-state index in [-0.39, 0.29) is 43.2 Å². The fourth-order valence-electron chi connectivity index (χ4n) is 4.34. The van der Waals surface area contributed by atoms with E-state index < -0.39 is 11.5 Å². The zero-order valence-electron chi connectivity index (χ0n) is 10.2. The van der Waals surface area contributed by atoms with Crippen molar-refractivity contribution in [1.82, 2.24) is 0 Å². The van der Waals surface area contributed by atoms with Crippen molar-refractivity contribution in [2.24, 2.45) is 17.8 Å². The topological polar surface area (TPSA) is 46.5 Å². The number of aliphatic hydroxyl groups is 1. The van der Waals surface area contributed by atoms with E-state index in [1.54, 1.807) is 0 Å². The van der Waals surface area contributed by atoms with Gasteiger partial charge in [-0.05, 0) is 31.1 Å². The fourth-order valence-corrected chi connectivity index (χ4v) is 4.34. The maximum Gasteiger partial charge on any atom is 0.306 e. The predicted molar refractivity (Wildman–Crippen MR) is 59.0 cm³/mol. The van der Waals surface area contributed by atoms with Crippen molar-refractivity contribution in [2.45, 2.75) is 50.0 Å². The first-order chi connectivity index (χ1) is 8.46. The molecule has 2 aliphatic carbocycles. The van der Waals surface area contributed by atoms with E-state index in [2.05, 4.69) is 0 Å². The van der Waals surface area contributed by atoms with E-state index in [9.17, 15) is 18.7 Å². The van der Waals surface area contributed by atoms with Crippen molar-refractivity contribution in [2.75, 3.05) is 6.61 Å². The molecule has 1 aliphatic heterocycles. The molecule has 102 valence electrons. The van der Waals surface area contributed by atoms with Crippen LogP contribution in [0.1, 0.15) is 38.5 Å². The molecule has 0 aromatic rings. The molecule has 3 fully saturated rings. The summed E-state index contributed by atoms with van der Waals surface area (Å²) in [6.07, 6.45) is 1.65. The Labute approximate surface area is 105 Å². The fraction of sp³-hybridized carbons (Fsp3) is 0.923. The van der Waals surface area contributed by atoms with Gasteiger partial charge in [0.2, 0.25) is 5.92 Å². The normalized spacial score (nSPS) is 46.2. The van der Waals surface area contributed by atoms with Gasteiger partial charge in [0.15, 0.2) is 0 Å². The predicted octanol–water partition coefficient (Wildman–Crippen LogP) is 2.13. The Bertz CT molecular complexity index is 371. The Balaban J connectivity index is 1.85. The van der Waals surface area contributed by atoms with Crippen molar-refractivity contribution in [1.29, 1.82) is 0 Å². The molecule has 3 rings (SSSR count). The Morgan fingerprint density at radius 3 is 2.72 bits per heavy atom. The first-order valence-electron chi connectivity index (χ1n) is 6.66. The number of halogens is 2. The van der Waals surface area contributed by atoms with Crippen LogP contribution in [-0.4, -0.2) is 29.2 Å². The van der Waals surface area contributed by atoms with Crippen LogP contribution in [0.5, 0.6) is 0 Å². The van der Waals surface area contributed by atoms with E-state index in [1.165, 1.54) is 0 Å². The van der Waals surface area contributed by atoms with E-state index in [0.29, 0.717) is 25.7 Å². The van der Waals surface area contributed by atoms with Crippen LogP contribution in [0, 0.1) is 17.8 Å². The average Bonchev–Trinajstić information content (AvgIpc) is 2.77. The minimum Gasteiger partial charge on any atom is -0.459 e. The van der Waals surface area contributed by atoms with Crippen LogP contribution in [0.15, 0.2) is 0 Å². The second-order valence-corrected chi connectivity index (χ2v) is 6.05. The zero-order chi connectivity index (χ0) is 13.0. The number of ether oxygens (including phenoxy) is 1. The third kappa shape index (κ3) is 1.75. The number of esters is 1. The molecule has 0 radical (unpaired) electrons. The number of aliphatic hydroxyl groups excluding tert-OH is 1. The average molecular weight is 260 g/mol. The Hall–Kier alpha value is -0.710. The SMILES string of the molecule is O=C1CCC2(C[C@@H]3CC(F)(F)CC[C@H]3[C@@H]2CO)O1. The van der Waals surface area contributed by atoms with Gasteiger partial charge < -0.3 is 9.84 Å². The van der Waals surface area contributed by atoms with E-state index in [1.807, 2.05) is 0 Å². The largest absolute Gasteiger partial charge is 0.459 e. The molecule has 1 saturated heterocycles. The van der Waals surface area contributed by atoms with E-state index >= 15 is 0 Å².